The van der Waals surface area contributed by atoms with Gasteiger partial charge in [0.15, 0.2) is 0 Å². The van der Waals surface area contributed by atoms with E-state index in [1.54, 1.807) is 0 Å². The van der Waals surface area contributed by atoms with Crippen molar-refractivity contribution in [1.29, 1.82) is 0 Å². The topological polar surface area (TPSA) is 26.0 Å². The molecule has 0 spiro atoms. The van der Waals surface area contributed by atoms with Crippen molar-refractivity contribution in [2.24, 2.45) is 0 Å². The molecule has 0 atom stereocenters. The summed E-state index contributed by atoms with van der Waals surface area (Å²) in [4.78, 5) is 0.436. The molecule has 0 aliphatic heterocycles. The van der Waals surface area contributed by atoms with Crippen molar-refractivity contribution in [3.63, 3.8) is 0 Å². The van der Waals surface area contributed by atoms with Crippen molar-refractivity contribution in [3.05, 3.63) is 59.7 Å². The molecule has 0 saturated heterocycles. The maximum atomic E-state index is 13.2. The third kappa shape index (κ3) is 2.97. The van der Waals surface area contributed by atoms with Crippen LogP contribution in [0.15, 0.2) is 47.4 Å². The van der Waals surface area contributed by atoms with Gasteiger partial charge in [0, 0.05) is 16.7 Å². The van der Waals surface area contributed by atoms with E-state index in [9.17, 15) is 8.78 Å². The standard InChI is InChI=1S/C13H11F2NS/c14-10-6-11(15)13(16)12(7-10)17-8-9-4-2-1-3-5-9/h1-7H,8,16H2. The highest BCUT2D eigenvalue weighted by molar-refractivity contribution is 7.98. The summed E-state index contributed by atoms with van der Waals surface area (Å²) >= 11 is 1.32. The zero-order chi connectivity index (χ0) is 12.3. The van der Waals surface area contributed by atoms with Crippen LogP contribution in [0.25, 0.3) is 0 Å². The quantitative estimate of drug-likeness (QED) is 0.662. The molecule has 0 saturated carbocycles. The van der Waals surface area contributed by atoms with Crippen LogP contribution in [0.5, 0.6) is 0 Å². The number of hydrogen-bond donors (Lipinski definition) is 1. The van der Waals surface area contributed by atoms with Gasteiger partial charge in [0.25, 0.3) is 0 Å². The molecule has 17 heavy (non-hydrogen) atoms. The lowest BCUT2D eigenvalue weighted by Crippen LogP contribution is -1.95. The highest BCUT2D eigenvalue weighted by atomic mass is 32.2. The molecule has 2 aromatic rings. The molecule has 88 valence electrons. The lowest BCUT2D eigenvalue weighted by atomic mass is 10.2. The minimum absolute atomic E-state index is 0.00679. The maximum Gasteiger partial charge on any atom is 0.150 e. The molecule has 0 aliphatic carbocycles. The van der Waals surface area contributed by atoms with Crippen LogP contribution in [0.4, 0.5) is 14.5 Å². The second kappa shape index (κ2) is 5.19. The normalized spacial score (nSPS) is 10.5. The third-order valence-corrected chi connectivity index (χ3v) is 3.42. The van der Waals surface area contributed by atoms with Crippen molar-refractivity contribution in [2.75, 3.05) is 5.73 Å². The van der Waals surface area contributed by atoms with Gasteiger partial charge in [-0.15, -0.1) is 11.8 Å². The first-order chi connectivity index (χ1) is 8.16. The first-order valence-corrected chi connectivity index (χ1v) is 6.06. The van der Waals surface area contributed by atoms with Gasteiger partial charge in [-0.25, -0.2) is 8.78 Å². The SMILES string of the molecule is Nc1c(F)cc(F)cc1SCc1ccccc1. The monoisotopic (exact) mass is 251 g/mol. The van der Waals surface area contributed by atoms with E-state index in [1.807, 2.05) is 30.3 Å². The summed E-state index contributed by atoms with van der Waals surface area (Å²) in [5.74, 6) is -0.679. The molecule has 0 aromatic heterocycles. The second-order valence-corrected chi connectivity index (χ2v) is 4.59. The van der Waals surface area contributed by atoms with Crippen molar-refractivity contribution in [3.8, 4) is 0 Å². The molecule has 0 heterocycles. The van der Waals surface area contributed by atoms with Crippen LogP contribution in [0.3, 0.4) is 0 Å². The molecule has 2 aromatic carbocycles. The largest absolute Gasteiger partial charge is 0.395 e. The number of halogens is 2. The molecule has 0 radical (unpaired) electrons. The lowest BCUT2D eigenvalue weighted by molar-refractivity contribution is 0.581. The van der Waals surface area contributed by atoms with Crippen LogP contribution in [-0.2, 0) is 5.75 Å². The van der Waals surface area contributed by atoms with Crippen molar-refractivity contribution >= 4 is 17.4 Å². The van der Waals surface area contributed by atoms with Crippen LogP contribution in [0.1, 0.15) is 5.56 Å². The Balaban J connectivity index is 2.14. The van der Waals surface area contributed by atoms with E-state index in [0.29, 0.717) is 10.6 Å². The van der Waals surface area contributed by atoms with E-state index in [2.05, 4.69) is 0 Å². The number of anilines is 1. The van der Waals surface area contributed by atoms with Gasteiger partial charge in [0.2, 0.25) is 0 Å². The van der Waals surface area contributed by atoms with Crippen molar-refractivity contribution < 1.29 is 8.78 Å². The number of nitrogen functional groups attached to an aromatic ring is 1. The van der Waals surface area contributed by atoms with Crippen LogP contribution in [0, 0.1) is 11.6 Å². The minimum atomic E-state index is -0.708. The first-order valence-electron chi connectivity index (χ1n) is 5.08. The van der Waals surface area contributed by atoms with Gasteiger partial charge >= 0.3 is 0 Å². The van der Waals surface area contributed by atoms with E-state index in [4.69, 9.17) is 5.73 Å². The van der Waals surface area contributed by atoms with Gasteiger partial charge in [0.05, 0.1) is 5.69 Å². The zero-order valence-corrected chi connectivity index (χ0v) is 9.81. The zero-order valence-electron chi connectivity index (χ0n) is 8.99. The third-order valence-electron chi connectivity index (χ3n) is 2.29. The first kappa shape index (κ1) is 11.9. The van der Waals surface area contributed by atoms with E-state index < -0.39 is 11.6 Å². The Hall–Kier alpha value is -1.55. The number of thioether (sulfide) groups is 1. The highest BCUT2D eigenvalue weighted by Gasteiger charge is 2.08. The number of nitrogens with two attached hydrogens (primary N) is 1. The Kier molecular flexibility index (Phi) is 3.64. The average molecular weight is 251 g/mol. The molecule has 1 nitrogen and oxygen atoms in total. The molecule has 0 bridgehead atoms. The summed E-state index contributed by atoms with van der Waals surface area (Å²) in [6.07, 6.45) is 0. The van der Waals surface area contributed by atoms with E-state index >= 15 is 0 Å². The molecule has 0 unspecified atom stereocenters. The summed E-state index contributed by atoms with van der Waals surface area (Å²) in [7, 11) is 0. The van der Waals surface area contributed by atoms with Gasteiger partial charge in [-0.2, -0.15) is 0 Å². The molecule has 0 fully saturated rings. The fraction of sp³-hybridized carbons (Fsp3) is 0.0769. The molecule has 0 amide bonds. The lowest BCUT2D eigenvalue weighted by Gasteiger charge is -2.06. The summed E-state index contributed by atoms with van der Waals surface area (Å²) in [5, 5.41) is 0. The van der Waals surface area contributed by atoms with E-state index in [-0.39, 0.29) is 5.69 Å². The molecule has 2 rings (SSSR count). The van der Waals surface area contributed by atoms with E-state index in [0.717, 1.165) is 11.6 Å². The van der Waals surface area contributed by atoms with Crippen molar-refractivity contribution in [1.82, 2.24) is 0 Å². The Bertz CT molecular complexity index is 514. The van der Waals surface area contributed by atoms with Gasteiger partial charge < -0.3 is 5.73 Å². The number of rotatable bonds is 3. The predicted molar refractivity (Wildman–Crippen MR) is 66.8 cm³/mol. The Labute approximate surface area is 103 Å². The van der Waals surface area contributed by atoms with Crippen molar-refractivity contribution in [2.45, 2.75) is 10.6 Å². The molecule has 0 aliphatic rings. The smallest absolute Gasteiger partial charge is 0.150 e. The summed E-state index contributed by atoms with van der Waals surface area (Å²) in [6, 6.07) is 11.7. The Morgan fingerprint density at radius 3 is 2.47 bits per heavy atom. The Morgan fingerprint density at radius 1 is 1.06 bits per heavy atom. The van der Waals surface area contributed by atoms with E-state index in [1.165, 1.54) is 17.8 Å². The molecule has 4 heteroatoms. The predicted octanol–water partition coefficient (Wildman–Crippen LogP) is 3.84. The van der Waals surface area contributed by atoms with Gasteiger partial charge in [-0.3, -0.25) is 0 Å². The fourth-order valence-electron chi connectivity index (χ4n) is 1.42. The van der Waals surface area contributed by atoms with Gasteiger partial charge in [-0.05, 0) is 11.6 Å². The van der Waals surface area contributed by atoms with Crippen LogP contribution < -0.4 is 5.73 Å². The summed E-state index contributed by atoms with van der Waals surface area (Å²) in [5.41, 5.74) is 6.64. The highest BCUT2D eigenvalue weighted by Crippen LogP contribution is 2.30. The number of hydrogen-bond acceptors (Lipinski definition) is 2. The number of benzene rings is 2. The maximum absolute atomic E-state index is 13.2. The van der Waals surface area contributed by atoms with Crippen LogP contribution in [0.2, 0.25) is 0 Å². The fourth-order valence-corrected chi connectivity index (χ4v) is 2.38. The minimum Gasteiger partial charge on any atom is -0.395 e. The molecular formula is C13H11F2NS. The second-order valence-electron chi connectivity index (χ2n) is 3.57. The molecule has 2 N–H and O–H groups in total. The van der Waals surface area contributed by atoms with Crippen LogP contribution in [-0.4, -0.2) is 0 Å². The Morgan fingerprint density at radius 2 is 1.76 bits per heavy atom. The summed E-state index contributed by atoms with van der Waals surface area (Å²) < 4.78 is 26.2. The van der Waals surface area contributed by atoms with Gasteiger partial charge in [0.1, 0.15) is 11.6 Å². The molecular weight excluding hydrogens is 240 g/mol. The summed E-state index contributed by atoms with van der Waals surface area (Å²) in [6.45, 7) is 0. The average Bonchev–Trinajstić information content (AvgIpc) is 2.33. The van der Waals surface area contributed by atoms with Gasteiger partial charge in [-0.1, -0.05) is 30.3 Å². The van der Waals surface area contributed by atoms with Crippen LogP contribution >= 0.6 is 11.8 Å².